The fourth-order valence-electron chi connectivity index (χ4n) is 4.43. The highest BCUT2D eigenvalue weighted by Crippen LogP contribution is 2.55. The summed E-state index contributed by atoms with van der Waals surface area (Å²) >= 11 is 3.73. The zero-order valence-electron chi connectivity index (χ0n) is 15.4. The second-order valence-corrected chi connectivity index (χ2v) is 8.67. The van der Waals surface area contributed by atoms with Crippen molar-refractivity contribution in [2.24, 2.45) is 11.8 Å². The van der Waals surface area contributed by atoms with Crippen LogP contribution >= 0.6 is 15.9 Å². The van der Waals surface area contributed by atoms with Gasteiger partial charge in [-0.2, -0.15) is 0 Å². The van der Waals surface area contributed by atoms with E-state index in [0.717, 1.165) is 11.8 Å². The van der Waals surface area contributed by atoms with Crippen molar-refractivity contribution in [3.8, 4) is 11.1 Å². The number of hydrogen-bond acceptors (Lipinski definition) is 0. The first-order valence-electron chi connectivity index (χ1n) is 9.41. The van der Waals surface area contributed by atoms with Crippen LogP contribution in [0.25, 0.3) is 11.1 Å². The van der Waals surface area contributed by atoms with E-state index in [0.29, 0.717) is 0 Å². The minimum absolute atomic E-state index is 0.167. The van der Waals surface area contributed by atoms with E-state index in [1.807, 2.05) is 0 Å². The standard InChI is InChI=1S/C23H29Br/c1-5-16(3)14-23(15-17(4)6-2)21-10-8-7-9-19(21)20-12-11-18(24)13-22(20)23/h7-13,16-17H,5-6,14-15H2,1-4H3/t16-,17-/m0/s1. The Morgan fingerprint density at radius 1 is 0.833 bits per heavy atom. The third-order valence-electron chi connectivity index (χ3n) is 6.02. The van der Waals surface area contributed by atoms with Crippen LogP contribution in [0.1, 0.15) is 64.5 Å². The van der Waals surface area contributed by atoms with Crippen LogP contribution in [0.4, 0.5) is 0 Å². The molecule has 1 heteroatoms. The van der Waals surface area contributed by atoms with Crippen LogP contribution in [0.5, 0.6) is 0 Å². The van der Waals surface area contributed by atoms with Gasteiger partial charge in [-0.1, -0.05) is 86.8 Å². The third-order valence-corrected chi connectivity index (χ3v) is 6.51. The predicted molar refractivity (Wildman–Crippen MR) is 109 cm³/mol. The van der Waals surface area contributed by atoms with Crippen LogP contribution in [0.15, 0.2) is 46.9 Å². The maximum absolute atomic E-state index is 3.73. The predicted octanol–water partition coefficient (Wildman–Crippen LogP) is 7.59. The minimum Gasteiger partial charge on any atom is -0.0651 e. The van der Waals surface area contributed by atoms with Crippen LogP contribution in [-0.2, 0) is 5.41 Å². The molecule has 0 saturated carbocycles. The number of halogens is 1. The summed E-state index contributed by atoms with van der Waals surface area (Å²) in [4.78, 5) is 0. The van der Waals surface area contributed by atoms with Crippen molar-refractivity contribution in [1.29, 1.82) is 0 Å². The van der Waals surface area contributed by atoms with Gasteiger partial charge < -0.3 is 0 Å². The van der Waals surface area contributed by atoms with Crippen LogP contribution in [0.2, 0.25) is 0 Å². The Hall–Kier alpha value is -1.08. The molecule has 0 aliphatic heterocycles. The molecule has 0 fully saturated rings. The van der Waals surface area contributed by atoms with Crippen molar-refractivity contribution >= 4 is 15.9 Å². The van der Waals surface area contributed by atoms with E-state index >= 15 is 0 Å². The topological polar surface area (TPSA) is 0 Å². The molecule has 0 amide bonds. The van der Waals surface area contributed by atoms with E-state index in [9.17, 15) is 0 Å². The molecule has 128 valence electrons. The van der Waals surface area contributed by atoms with Crippen molar-refractivity contribution in [1.82, 2.24) is 0 Å². The summed E-state index contributed by atoms with van der Waals surface area (Å²) in [6.07, 6.45) is 4.98. The normalized spacial score (nSPS) is 17.2. The van der Waals surface area contributed by atoms with Gasteiger partial charge in [-0.05, 0) is 59.1 Å². The molecule has 2 aromatic rings. The van der Waals surface area contributed by atoms with Gasteiger partial charge in [-0.15, -0.1) is 0 Å². The Bertz CT molecular complexity index is 704. The average molecular weight is 385 g/mol. The molecule has 0 unspecified atom stereocenters. The Labute approximate surface area is 155 Å². The molecule has 2 atom stereocenters. The smallest absolute Gasteiger partial charge is 0.0220 e. The van der Waals surface area contributed by atoms with E-state index in [1.54, 1.807) is 11.1 Å². The lowest BCUT2D eigenvalue weighted by molar-refractivity contribution is 0.308. The first kappa shape index (κ1) is 17.7. The van der Waals surface area contributed by atoms with Crippen LogP contribution < -0.4 is 0 Å². The molecular formula is C23H29Br. The SMILES string of the molecule is CC[C@H](C)CC1(C[C@@H](C)CC)c2ccccc2-c2ccc(Br)cc21. The van der Waals surface area contributed by atoms with Gasteiger partial charge in [0.05, 0.1) is 0 Å². The van der Waals surface area contributed by atoms with Crippen LogP contribution in [0.3, 0.4) is 0 Å². The zero-order valence-corrected chi connectivity index (χ0v) is 17.0. The van der Waals surface area contributed by atoms with E-state index in [2.05, 4.69) is 86.1 Å². The molecule has 3 rings (SSSR count). The molecule has 0 spiro atoms. The number of rotatable bonds is 6. The van der Waals surface area contributed by atoms with Crippen LogP contribution in [0, 0.1) is 11.8 Å². The van der Waals surface area contributed by atoms with E-state index in [-0.39, 0.29) is 5.41 Å². The lowest BCUT2D eigenvalue weighted by atomic mass is 9.67. The minimum atomic E-state index is 0.167. The fraction of sp³-hybridized carbons (Fsp3) is 0.478. The summed E-state index contributed by atoms with van der Waals surface area (Å²) in [6.45, 7) is 9.47. The van der Waals surface area contributed by atoms with Gasteiger partial charge in [-0.25, -0.2) is 0 Å². The summed E-state index contributed by atoms with van der Waals surface area (Å²) in [5.74, 6) is 1.46. The van der Waals surface area contributed by atoms with Gasteiger partial charge in [0.2, 0.25) is 0 Å². The van der Waals surface area contributed by atoms with Gasteiger partial charge >= 0.3 is 0 Å². The highest BCUT2D eigenvalue weighted by atomic mass is 79.9. The molecule has 0 bridgehead atoms. The molecule has 1 aliphatic carbocycles. The lowest BCUT2D eigenvalue weighted by Crippen LogP contribution is -2.30. The van der Waals surface area contributed by atoms with E-state index in [1.165, 1.54) is 41.3 Å². The monoisotopic (exact) mass is 384 g/mol. The Kier molecular flexibility index (Phi) is 5.20. The first-order chi connectivity index (χ1) is 11.5. The molecule has 2 aromatic carbocycles. The second kappa shape index (κ2) is 7.04. The summed E-state index contributed by atoms with van der Waals surface area (Å²) < 4.78 is 1.20. The van der Waals surface area contributed by atoms with Crippen LogP contribution in [-0.4, -0.2) is 0 Å². The summed E-state index contributed by atoms with van der Waals surface area (Å²) in [5.41, 5.74) is 6.16. The molecule has 0 saturated heterocycles. The molecule has 0 aromatic heterocycles. The molecule has 0 heterocycles. The maximum atomic E-state index is 3.73. The van der Waals surface area contributed by atoms with E-state index in [4.69, 9.17) is 0 Å². The number of fused-ring (bicyclic) bond motifs is 3. The van der Waals surface area contributed by atoms with Gasteiger partial charge in [0.15, 0.2) is 0 Å². The average Bonchev–Trinajstić information content (AvgIpc) is 2.84. The Balaban J connectivity index is 2.24. The van der Waals surface area contributed by atoms with Crippen molar-refractivity contribution < 1.29 is 0 Å². The Morgan fingerprint density at radius 3 is 2.04 bits per heavy atom. The second-order valence-electron chi connectivity index (χ2n) is 7.75. The third kappa shape index (κ3) is 2.96. The lowest BCUT2D eigenvalue weighted by Gasteiger charge is -2.37. The number of benzene rings is 2. The molecule has 0 N–H and O–H groups in total. The quantitative estimate of drug-likeness (QED) is 0.480. The maximum Gasteiger partial charge on any atom is 0.0220 e. The van der Waals surface area contributed by atoms with Crippen molar-refractivity contribution in [2.45, 2.75) is 58.8 Å². The van der Waals surface area contributed by atoms with Gasteiger partial charge in [0.25, 0.3) is 0 Å². The molecule has 1 aliphatic rings. The van der Waals surface area contributed by atoms with Gasteiger partial charge in [0, 0.05) is 9.89 Å². The molecule has 24 heavy (non-hydrogen) atoms. The van der Waals surface area contributed by atoms with Crippen molar-refractivity contribution in [3.63, 3.8) is 0 Å². The fourth-order valence-corrected chi connectivity index (χ4v) is 4.79. The summed E-state index contributed by atoms with van der Waals surface area (Å²) in [5, 5.41) is 0. The van der Waals surface area contributed by atoms with Crippen molar-refractivity contribution in [2.75, 3.05) is 0 Å². The summed E-state index contributed by atoms with van der Waals surface area (Å²) in [6, 6.07) is 16.0. The first-order valence-corrected chi connectivity index (χ1v) is 10.2. The number of hydrogen-bond donors (Lipinski definition) is 0. The molecule has 0 nitrogen and oxygen atoms in total. The largest absolute Gasteiger partial charge is 0.0651 e. The molecular weight excluding hydrogens is 356 g/mol. The van der Waals surface area contributed by atoms with Gasteiger partial charge in [-0.3, -0.25) is 0 Å². The summed E-state index contributed by atoms with van der Waals surface area (Å²) in [7, 11) is 0. The molecule has 0 radical (unpaired) electrons. The van der Waals surface area contributed by atoms with E-state index < -0.39 is 0 Å². The Morgan fingerprint density at radius 2 is 1.42 bits per heavy atom. The van der Waals surface area contributed by atoms with Gasteiger partial charge in [0.1, 0.15) is 0 Å². The zero-order chi connectivity index (χ0) is 17.3. The van der Waals surface area contributed by atoms with Crippen molar-refractivity contribution in [3.05, 3.63) is 58.1 Å². The highest BCUT2D eigenvalue weighted by Gasteiger charge is 2.44. The highest BCUT2D eigenvalue weighted by molar-refractivity contribution is 9.10.